The summed E-state index contributed by atoms with van der Waals surface area (Å²) in [5.41, 5.74) is 5.31. The molecule has 0 N–H and O–H groups in total. The van der Waals surface area contributed by atoms with Crippen molar-refractivity contribution in [1.82, 2.24) is 9.88 Å². The van der Waals surface area contributed by atoms with Crippen LogP contribution in [0.2, 0.25) is 0 Å². The van der Waals surface area contributed by atoms with E-state index in [4.69, 9.17) is 0 Å². The Balaban J connectivity index is 2.02. The van der Waals surface area contributed by atoms with Gasteiger partial charge in [0.2, 0.25) is 0 Å². The first kappa shape index (κ1) is 14.8. The molecule has 22 heavy (non-hydrogen) atoms. The van der Waals surface area contributed by atoms with E-state index < -0.39 is 0 Å². The number of aromatic nitrogens is 1. The average Bonchev–Trinajstić information content (AvgIpc) is 2.84. The third kappa shape index (κ3) is 2.41. The fourth-order valence-corrected chi connectivity index (χ4v) is 3.08. The van der Waals surface area contributed by atoms with Crippen molar-refractivity contribution in [2.24, 2.45) is 5.92 Å². The molecule has 1 aromatic carbocycles. The molecule has 114 valence electrons. The normalized spacial score (nSPS) is 15.3. The second-order valence-electron chi connectivity index (χ2n) is 6.49. The number of aryl methyl sites for hydroxylation is 1. The standard InChI is InChI=1S/C19H22N2O/c1-12(2)14(4)21-11-17-9-16(15-6-5-7-20-10-15)8-13(3)18(17)19(21)22/h5-10,12,14H,11H2,1-4H3. The van der Waals surface area contributed by atoms with Gasteiger partial charge in [0.05, 0.1) is 0 Å². The van der Waals surface area contributed by atoms with Crippen LogP contribution in [0, 0.1) is 12.8 Å². The minimum absolute atomic E-state index is 0.173. The van der Waals surface area contributed by atoms with Gasteiger partial charge < -0.3 is 4.90 Å². The number of hydrogen-bond donors (Lipinski definition) is 0. The zero-order valence-corrected chi connectivity index (χ0v) is 13.6. The van der Waals surface area contributed by atoms with Gasteiger partial charge in [0, 0.05) is 36.1 Å². The SMILES string of the molecule is Cc1cc(-c2cccnc2)cc2c1C(=O)N(C(C)C(C)C)C2. The van der Waals surface area contributed by atoms with Crippen LogP contribution in [0.25, 0.3) is 11.1 Å². The number of amides is 1. The predicted octanol–water partition coefficient (Wildman–Crippen LogP) is 4.06. The molecule has 0 saturated carbocycles. The predicted molar refractivity (Wildman–Crippen MR) is 88.6 cm³/mol. The Labute approximate surface area is 132 Å². The monoisotopic (exact) mass is 294 g/mol. The number of carbonyl (C=O) groups excluding carboxylic acids is 1. The minimum Gasteiger partial charge on any atom is -0.331 e. The summed E-state index contributed by atoms with van der Waals surface area (Å²) in [6, 6.07) is 8.48. The largest absolute Gasteiger partial charge is 0.331 e. The van der Waals surface area contributed by atoms with Gasteiger partial charge in [-0.25, -0.2) is 0 Å². The highest BCUT2D eigenvalue weighted by molar-refractivity contribution is 6.00. The van der Waals surface area contributed by atoms with Crippen LogP contribution in [-0.4, -0.2) is 21.8 Å². The Morgan fingerprint density at radius 1 is 1.18 bits per heavy atom. The zero-order chi connectivity index (χ0) is 15.9. The molecule has 0 saturated heterocycles. The summed E-state index contributed by atoms with van der Waals surface area (Å²) in [5, 5.41) is 0. The van der Waals surface area contributed by atoms with E-state index in [1.807, 2.05) is 24.1 Å². The molecular formula is C19H22N2O. The molecule has 1 amide bonds. The van der Waals surface area contributed by atoms with Crippen LogP contribution in [-0.2, 0) is 6.54 Å². The third-order valence-electron chi connectivity index (χ3n) is 4.68. The van der Waals surface area contributed by atoms with E-state index in [9.17, 15) is 4.79 Å². The lowest BCUT2D eigenvalue weighted by atomic mass is 9.97. The van der Waals surface area contributed by atoms with E-state index in [2.05, 4.69) is 44.0 Å². The summed E-state index contributed by atoms with van der Waals surface area (Å²) in [7, 11) is 0. The molecule has 1 atom stereocenters. The number of hydrogen-bond acceptors (Lipinski definition) is 2. The average molecular weight is 294 g/mol. The lowest BCUT2D eigenvalue weighted by Crippen LogP contribution is -2.36. The summed E-state index contributed by atoms with van der Waals surface area (Å²) < 4.78 is 0. The molecule has 1 aliphatic rings. The van der Waals surface area contributed by atoms with Crippen molar-refractivity contribution < 1.29 is 4.79 Å². The molecule has 0 spiro atoms. The van der Waals surface area contributed by atoms with Crippen molar-refractivity contribution >= 4 is 5.91 Å². The molecule has 1 aromatic heterocycles. The maximum absolute atomic E-state index is 12.7. The number of carbonyl (C=O) groups is 1. The van der Waals surface area contributed by atoms with E-state index in [0.29, 0.717) is 12.5 Å². The molecule has 0 bridgehead atoms. The van der Waals surface area contributed by atoms with Crippen LogP contribution < -0.4 is 0 Å². The quantitative estimate of drug-likeness (QED) is 0.855. The molecular weight excluding hydrogens is 272 g/mol. The summed E-state index contributed by atoms with van der Waals surface area (Å²) in [4.78, 5) is 18.9. The van der Waals surface area contributed by atoms with Crippen molar-refractivity contribution in [3.8, 4) is 11.1 Å². The number of nitrogens with zero attached hydrogens (tertiary/aromatic N) is 2. The van der Waals surface area contributed by atoms with Gasteiger partial charge in [-0.1, -0.05) is 26.0 Å². The van der Waals surface area contributed by atoms with Crippen molar-refractivity contribution in [2.45, 2.75) is 40.3 Å². The molecule has 3 rings (SSSR count). The van der Waals surface area contributed by atoms with Gasteiger partial charge in [-0.15, -0.1) is 0 Å². The number of fused-ring (bicyclic) bond motifs is 1. The maximum Gasteiger partial charge on any atom is 0.255 e. The van der Waals surface area contributed by atoms with E-state index in [1.54, 1.807) is 6.20 Å². The second kappa shape index (κ2) is 5.56. The van der Waals surface area contributed by atoms with Crippen molar-refractivity contribution in [3.63, 3.8) is 0 Å². The van der Waals surface area contributed by atoms with Gasteiger partial charge in [0.1, 0.15) is 0 Å². The second-order valence-corrected chi connectivity index (χ2v) is 6.49. The van der Waals surface area contributed by atoms with Gasteiger partial charge >= 0.3 is 0 Å². The van der Waals surface area contributed by atoms with Crippen LogP contribution in [0.1, 0.15) is 42.3 Å². The highest BCUT2D eigenvalue weighted by Gasteiger charge is 2.33. The summed E-state index contributed by atoms with van der Waals surface area (Å²) in [6.07, 6.45) is 3.64. The number of rotatable bonds is 3. The lowest BCUT2D eigenvalue weighted by molar-refractivity contribution is 0.0672. The van der Waals surface area contributed by atoms with Gasteiger partial charge in [-0.05, 0) is 48.6 Å². The van der Waals surface area contributed by atoms with Crippen LogP contribution in [0.15, 0.2) is 36.7 Å². The molecule has 1 unspecified atom stereocenters. The summed E-state index contributed by atoms with van der Waals surface area (Å²) in [5.74, 6) is 0.628. The molecule has 0 fully saturated rings. The summed E-state index contributed by atoms with van der Waals surface area (Å²) in [6.45, 7) is 9.19. The van der Waals surface area contributed by atoms with Gasteiger partial charge in [0.25, 0.3) is 5.91 Å². The molecule has 0 aliphatic carbocycles. The first-order valence-corrected chi connectivity index (χ1v) is 7.84. The Hall–Kier alpha value is -2.16. The maximum atomic E-state index is 12.7. The first-order chi connectivity index (χ1) is 10.5. The highest BCUT2D eigenvalue weighted by atomic mass is 16.2. The lowest BCUT2D eigenvalue weighted by Gasteiger charge is -2.27. The van der Waals surface area contributed by atoms with Crippen molar-refractivity contribution in [1.29, 1.82) is 0 Å². The highest BCUT2D eigenvalue weighted by Crippen LogP contribution is 2.33. The molecule has 2 aromatic rings. The fourth-order valence-electron chi connectivity index (χ4n) is 3.08. The fraction of sp³-hybridized carbons (Fsp3) is 0.368. The Morgan fingerprint density at radius 2 is 1.95 bits per heavy atom. The molecule has 0 radical (unpaired) electrons. The third-order valence-corrected chi connectivity index (χ3v) is 4.68. The van der Waals surface area contributed by atoms with E-state index >= 15 is 0 Å². The van der Waals surface area contributed by atoms with Gasteiger partial charge in [-0.2, -0.15) is 0 Å². The molecule has 1 aliphatic heterocycles. The van der Waals surface area contributed by atoms with Gasteiger partial charge in [-0.3, -0.25) is 9.78 Å². The van der Waals surface area contributed by atoms with E-state index in [1.165, 1.54) is 0 Å². The van der Waals surface area contributed by atoms with Gasteiger partial charge in [0.15, 0.2) is 0 Å². The van der Waals surface area contributed by atoms with Crippen LogP contribution in [0.5, 0.6) is 0 Å². The Kier molecular flexibility index (Phi) is 3.73. The first-order valence-electron chi connectivity index (χ1n) is 7.84. The van der Waals surface area contributed by atoms with E-state index in [-0.39, 0.29) is 11.9 Å². The zero-order valence-electron chi connectivity index (χ0n) is 13.6. The van der Waals surface area contributed by atoms with E-state index in [0.717, 1.165) is 27.8 Å². The Morgan fingerprint density at radius 3 is 2.59 bits per heavy atom. The molecule has 2 heterocycles. The smallest absolute Gasteiger partial charge is 0.255 e. The Bertz CT molecular complexity index is 707. The number of pyridine rings is 1. The van der Waals surface area contributed by atoms with Crippen LogP contribution >= 0.6 is 0 Å². The molecule has 3 nitrogen and oxygen atoms in total. The number of benzene rings is 1. The topological polar surface area (TPSA) is 33.2 Å². The van der Waals surface area contributed by atoms with Crippen molar-refractivity contribution in [2.75, 3.05) is 0 Å². The van der Waals surface area contributed by atoms with Crippen molar-refractivity contribution in [3.05, 3.63) is 53.3 Å². The van der Waals surface area contributed by atoms with Crippen LogP contribution in [0.3, 0.4) is 0 Å². The summed E-state index contributed by atoms with van der Waals surface area (Å²) >= 11 is 0. The minimum atomic E-state index is 0.173. The van der Waals surface area contributed by atoms with Crippen LogP contribution in [0.4, 0.5) is 0 Å². The molecule has 3 heteroatoms.